The van der Waals surface area contributed by atoms with E-state index in [-0.39, 0.29) is 41.8 Å². The predicted molar refractivity (Wildman–Crippen MR) is 111 cm³/mol. The molecule has 0 aromatic carbocycles. The van der Waals surface area contributed by atoms with Gasteiger partial charge in [-0.15, -0.1) is 24.0 Å². The van der Waals surface area contributed by atoms with Gasteiger partial charge in [-0.3, -0.25) is 9.79 Å². The van der Waals surface area contributed by atoms with Crippen molar-refractivity contribution in [2.24, 2.45) is 10.9 Å². The van der Waals surface area contributed by atoms with Crippen LogP contribution in [-0.4, -0.2) is 59.9 Å². The van der Waals surface area contributed by atoms with Crippen LogP contribution in [0.3, 0.4) is 0 Å². The molecule has 0 spiro atoms. The van der Waals surface area contributed by atoms with E-state index in [1.807, 2.05) is 18.5 Å². The zero-order valence-electron chi connectivity index (χ0n) is 15.9. The van der Waals surface area contributed by atoms with E-state index in [9.17, 15) is 4.79 Å². The first-order valence-corrected chi connectivity index (χ1v) is 8.70. The third kappa shape index (κ3) is 6.71. The van der Waals surface area contributed by atoms with Gasteiger partial charge < -0.3 is 20.7 Å². The Hall–Kier alpha value is -1.43. The molecule has 1 aromatic rings. The number of guanidine groups is 1. The summed E-state index contributed by atoms with van der Waals surface area (Å²) in [6, 6.07) is 0.237. The molecule has 0 bridgehead atoms. The number of hydrogen-bond acceptors (Lipinski definition) is 5. The third-order valence-corrected chi connectivity index (χ3v) is 3.98. The van der Waals surface area contributed by atoms with Crippen molar-refractivity contribution in [1.82, 2.24) is 30.7 Å². The van der Waals surface area contributed by atoms with Crippen molar-refractivity contribution in [3.63, 3.8) is 0 Å². The maximum absolute atomic E-state index is 11.5. The van der Waals surface area contributed by atoms with Gasteiger partial charge in [0.05, 0.1) is 6.54 Å². The Bertz CT molecular complexity index is 603. The minimum atomic E-state index is -0.000415. The number of nitrogens with one attached hydrogen (secondary N) is 3. The Balaban J connectivity index is 0.00000338. The van der Waals surface area contributed by atoms with Crippen molar-refractivity contribution in [2.45, 2.75) is 45.9 Å². The van der Waals surface area contributed by atoms with Crippen LogP contribution in [0.2, 0.25) is 0 Å². The maximum Gasteiger partial charge on any atom is 0.222 e. The van der Waals surface area contributed by atoms with Crippen LogP contribution in [-0.2, 0) is 29.1 Å². The van der Waals surface area contributed by atoms with E-state index in [0.29, 0.717) is 19.7 Å². The zero-order chi connectivity index (χ0) is 18.2. The molecule has 0 aliphatic carbocycles. The van der Waals surface area contributed by atoms with Gasteiger partial charge in [-0.1, -0.05) is 13.8 Å². The minimum absolute atomic E-state index is 0. The van der Waals surface area contributed by atoms with Gasteiger partial charge in [0.15, 0.2) is 11.8 Å². The Morgan fingerprint density at radius 3 is 2.77 bits per heavy atom. The lowest BCUT2D eigenvalue weighted by molar-refractivity contribution is -0.123. The van der Waals surface area contributed by atoms with Crippen molar-refractivity contribution >= 4 is 35.8 Å². The van der Waals surface area contributed by atoms with Gasteiger partial charge in [-0.2, -0.15) is 5.10 Å². The summed E-state index contributed by atoms with van der Waals surface area (Å²) in [6.45, 7) is 6.12. The average Bonchev–Trinajstić information content (AvgIpc) is 2.99. The minimum Gasteiger partial charge on any atom is -0.377 e. The summed E-state index contributed by atoms with van der Waals surface area (Å²) >= 11 is 0. The highest BCUT2D eigenvalue weighted by Gasteiger charge is 2.22. The molecule has 0 fully saturated rings. The SMILES string of the molecule is CN=C(NCCNC(=O)C(C)C)NC1CCc2nc(COC)nn2C1.I. The Morgan fingerprint density at radius 1 is 1.38 bits per heavy atom. The molecule has 2 rings (SSSR count). The van der Waals surface area contributed by atoms with Crippen molar-refractivity contribution in [2.75, 3.05) is 27.2 Å². The molecule has 10 heteroatoms. The van der Waals surface area contributed by atoms with Gasteiger partial charge >= 0.3 is 0 Å². The van der Waals surface area contributed by atoms with Gasteiger partial charge in [0.25, 0.3) is 0 Å². The summed E-state index contributed by atoms with van der Waals surface area (Å²) in [6.07, 6.45) is 1.84. The predicted octanol–water partition coefficient (Wildman–Crippen LogP) is 0.295. The fourth-order valence-corrected chi connectivity index (χ4v) is 2.63. The number of aryl methyl sites for hydroxylation is 1. The van der Waals surface area contributed by atoms with Crippen LogP contribution in [0.5, 0.6) is 0 Å². The average molecular weight is 479 g/mol. The molecule has 1 amide bonds. The molecule has 1 aromatic heterocycles. The summed E-state index contributed by atoms with van der Waals surface area (Å²) < 4.78 is 7.02. The fraction of sp³-hybridized carbons (Fsp3) is 0.750. The second-order valence-corrected chi connectivity index (χ2v) is 6.38. The van der Waals surface area contributed by atoms with Gasteiger partial charge in [-0.25, -0.2) is 9.67 Å². The fourth-order valence-electron chi connectivity index (χ4n) is 2.63. The van der Waals surface area contributed by atoms with Crippen LogP contribution in [0.4, 0.5) is 0 Å². The van der Waals surface area contributed by atoms with E-state index >= 15 is 0 Å². The van der Waals surface area contributed by atoms with Crippen LogP contribution < -0.4 is 16.0 Å². The smallest absolute Gasteiger partial charge is 0.222 e. The molecule has 0 saturated carbocycles. The molecular formula is C16H30IN7O2. The van der Waals surface area contributed by atoms with Crippen molar-refractivity contribution < 1.29 is 9.53 Å². The standard InChI is InChI=1S/C16H29N7O2.HI/c1-11(2)15(24)18-7-8-19-16(17-3)20-12-5-6-14-21-13(10-25-4)22-23(14)9-12;/h11-12H,5-10H2,1-4H3,(H,18,24)(H2,17,19,20);1H. The largest absolute Gasteiger partial charge is 0.377 e. The summed E-state index contributed by atoms with van der Waals surface area (Å²) in [5, 5.41) is 14.0. The normalized spacial score (nSPS) is 16.7. The van der Waals surface area contributed by atoms with Crippen LogP contribution >= 0.6 is 24.0 Å². The summed E-state index contributed by atoms with van der Waals surface area (Å²) in [5.74, 6) is 2.51. The lowest BCUT2D eigenvalue weighted by Crippen LogP contribution is -2.48. The molecule has 1 aliphatic rings. The van der Waals surface area contributed by atoms with Crippen molar-refractivity contribution in [1.29, 1.82) is 0 Å². The zero-order valence-corrected chi connectivity index (χ0v) is 18.2. The number of nitrogens with zero attached hydrogens (tertiary/aromatic N) is 4. The number of methoxy groups -OCH3 is 1. The number of rotatable bonds is 7. The Morgan fingerprint density at radius 2 is 2.12 bits per heavy atom. The molecular weight excluding hydrogens is 449 g/mol. The highest BCUT2D eigenvalue weighted by Crippen LogP contribution is 2.13. The molecule has 0 radical (unpaired) electrons. The molecule has 26 heavy (non-hydrogen) atoms. The summed E-state index contributed by atoms with van der Waals surface area (Å²) in [5.41, 5.74) is 0. The summed E-state index contributed by atoms with van der Waals surface area (Å²) in [4.78, 5) is 20.2. The number of carbonyl (C=O) groups excluding carboxylic acids is 1. The topological polar surface area (TPSA) is 105 Å². The van der Waals surface area contributed by atoms with Crippen molar-refractivity contribution in [3.05, 3.63) is 11.6 Å². The van der Waals surface area contributed by atoms with Gasteiger partial charge in [-0.05, 0) is 6.42 Å². The van der Waals surface area contributed by atoms with Crippen molar-refractivity contribution in [3.8, 4) is 0 Å². The Labute approximate surface area is 171 Å². The second-order valence-electron chi connectivity index (χ2n) is 6.38. The van der Waals surface area contributed by atoms with Gasteiger partial charge in [0, 0.05) is 45.6 Å². The summed E-state index contributed by atoms with van der Waals surface area (Å²) in [7, 11) is 3.38. The number of fused-ring (bicyclic) bond motifs is 1. The lowest BCUT2D eigenvalue weighted by Gasteiger charge is -2.25. The van der Waals surface area contributed by atoms with E-state index in [0.717, 1.165) is 37.0 Å². The molecule has 1 atom stereocenters. The van der Waals surface area contributed by atoms with Crippen LogP contribution in [0.1, 0.15) is 31.9 Å². The quantitative estimate of drug-likeness (QED) is 0.225. The van der Waals surface area contributed by atoms with E-state index < -0.39 is 0 Å². The number of carbonyl (C=O) groups is 1. The number of aromatic nitrogens is 3. The van der Waals surface area contributed by atoms with Gasteiger partial charge in [0.1, 0.15) is 12.4 Å². The van der Waals surface area contributed by atoms with Crippen LogP contribution in [0.15, 0.2) is 4.99 Å². The Kier molecular flexibility index (Phi) is 9.84. The highest BCUT2D eigenvalue weighted by molar-refractivity contribution is 14.0. The van der Waals surface area contributed by atoms with E-state index in [4.69, 9.17) is 4.74 Å². The molecule has 0 saturated heterocycles. The van der Waals surface area contributed by atoms with Crippen LogP contribution in [0.25, 0.3) is 0 Å². The van der Waals surface area contributed by atoms with Crippen LogP contribution in [0, 0.1) is 5.92 Å². The monoisotopic (exact) mass is 479 g/mol. The first-order chi connectivity index (χ1) is 12.0. The number of ether oxygens (including phenoxy) is 1. The lowest BCUT2D eigenvalue weighted by atomic mass is 10.1. The molecule has 3 N–H and O–H groups in total. The molecule has 1 aliphatic heterocycles. The molecule has 2 heterocycles. The maximum atomic E-state index is 11.5. The number of hydrogen-bond donors (Lipinski definition) is 3. The first kappa shape index (κ1) is 22.6. The number of amides is 1. The van der Waals surface area contributed by atoms with Gasteiger partial charge in [0.2, 0.25) is 5.91 Å². The third-order valence-electron chi connectivity index (χ3n) is 3.98. The molecule has 148 valence electrons. The van der Waals surface area contributed by atoms with E-state index in [2.05, 4.69) is 31.0 Å². The highest BCUT2D eigenvalue weighted by atomic mass is 127. The molecule has 1 unspecified atom stereocenters. The first-order valence-electron chi connectivity index (χ1n) is 8.70. The number of aliphatic imine (C=N–C) groups is 1. The van der Waals surface area contributed by atoms with E-state index in [1.165, 1.54) is 0 Å². The van der Waals surface area contributed by atoms with E-state index in [1.54, 1.807) is 14.2 Å². The second kappa shape index (κ2) is 11.3. The molecule has 9 nitrogen and oxygen atoms in total. The number of halogens is 1.